The second kappa shape index (κ2) is 11.4. The normalized spacial score (nSPS) is 7.89. The SMILES string of the molecule is Fc1c[c-]c(-c2[c-]cccc2)cc1F.[C-]=O.[C-]=O.[Pt+4]. The molecule has 0 N–H and O–H groups in total. The van der Waals surface area contributed by atoms with Gasteiger partial charge in [0, 0.05) is 0 Å². The van der Waals surface area contributed by atoms with Gasteiger partial charge >= 0.3 is 21.1 Å². The Hall–Kier alpha value is -1.67. The van der Waals surface area contributed by atoms with Crippen LogP contribution in [0.5, 0.6) is 0 Å². The molecule has 0 aliphatic heterocycles. The van der Waals surface area contributed by atoms with E-state index in [0.717, 1.165) is 12.1 Å². The molecule has 2 nitrogen and oxygen atoms in total. The summed E-state index contributed by atoms with van der Waals surface area (Å²) in [6, 6.07) is 14.8. The van der Waals surface area contributed by atoms with Crippen molar-refractivity contribution in [2.24, 2.45) is 0 Å². The molecule has 0 unspecified atom stereocenters. The summed E-state index contributed by atoms with van der Waals surface area (Å²) in [4.78, 5) is 15.0. The van der Waals surface area contributed by atoms with Gasteiger partial charge in [0.15, 0.2) is 0 Å². The van der Waals surface area contributed by atoms with E-state index < -0.39 is 11.6 Å². The third kappa shape index (κ3) is 6.16. The summed E-state index contributed by atoms with van der Waals surface area (Å²) in [6.45, 7) is 9.00. The molecule has 0 aromatic heterocycles. The van der Waals surface area contributed by atoms with Crippen molar-refractivity contribution in [3.63, 3.8) is 0 Å². The molecular formula is C14H6F2O2Pt. The fourth-order valence-corrected chi connectivity index (χ4v) is 1.16. The van der Waals surface area contributed by atoms with Gasteiger partial charge in [0.05, 0.1) is 11.6 Å². The molecule has 2 aromatic carbocycles. The van der Waals surface area contributed by atoms with Crippen molar-refractivity contribution >= 4 is 13.6 Å². The Morgan fingerprint density at radius 1 is 0.895 bits per heavy atom. The van der Waals surface area contributed by atoms with Crippen molar-refractivity contribution in [3.8, 4) is 11.1 Å². The first-order chi connectivity index (χ1) is 8.77. The maximum Gasteiger partial charge on any atom is 4.00 e. The molecule has 2 radical (unpaired) electrons. The smallest absolute Gasteiger partial charge is 0.573 e. The summed E-state index contributed by atoms with van der Waals surface area (Å²) in [5, 5.41) is 0. The van der Waals surface area contributed by atoms with Gasteiger partial charge in [-0.1, -0.05) is 0 Å². The molecule has 19 heavy (non-hydrogen) atoms. The zero-order chi connectivity index (χ0) is 14.0. The van der Waals surface area contributed by atoms with E-state index in [9.17, 15) is 8.78 Å². The molecule has 5 heteroatoms. The molecule has 0 fully saturated rings. The van der Waals surface area contributed by atoms with E-state index in [4.69, 9.17) is 9.59 Å². The van der Waals surface area contributed by atoms with Crippen molar-refractivity contribution in [2.45, 2.75) is 0 Å². The molecule has 0 atom stereocenters. The van der Waals surface area contributed by atoms with Gasteiger partial charge in [0.1, 0.15) is 0 Å². The molecule has 0 bridgehead atoms. The Morgan fingerprint density at radius 3 is 2.00 bits per heavy atom. The summed E-state index contributed by atoms with van der Waals surface area (Å²) in [7, 11) is 0. The minimum atomic E-state index is -0.885. The molecule has 98 valence electrons. The molecular weight excluding hydrogens is 433 g/mol. The van der Waals surface area contributed by atoms with Gasteiger partial charge in [0.2, 0.25) is 0 Å². The Bertz CT molecular complexity index is 476. The zero-order valence-corrected chi connectivity index (χ0v) is 11.6. The summed E-state index contributed by atoms with van der Waals surface area (Å²) < 4.78 is 25.5. The Morgan fingerprint density at radius 2 is 1.53 bits per heavy atom. The van der Waals surface area contributed by atoms with Gasteiger partial charge in [-0.05, 0) is 0 Å². The van der Waals surface area contributed by atoms with Crippen molar-refractivity contribution in [3.05, 3.63) is 60.2 Å². The Kier molecular flexibility index (Phi) is 11.8. The van der Waals surface area contributed by atoms with E-state index in [1.54, 1.807) is 18.2 Å². The van der Waals surface area contributed by atoms with Crippen molar-refractivity contribution in [2.75, 3.05) is 0 Å². The van der Waals surface area contributed by atoms with Crippen LogP contribution in [0, 0.1) is 23.8 Å². The molecule has 0 spiro atoms. The van der Waals surface area contributed by atoms with Crippen molar-refractivity contribution in [1.29, 1.82) is 0 Å². The molecule has 0 aliphatic carbocycles. The van der Waals surface area contributed by atoms with Gasteiger partial charge < -0.3 is 23.2 Å². The van der Waals surface area contributed by atoms with Crippen LogP contribution in [0.2, 0.25) is 0 Å². The molecule has 0 saturated heterocycles. The maximum atomic E-state index is 12.9. The first kappa shape index (κ1) is 19.7. The Labute approximate surface area is 124 Å². The van der Waals surface area contributed by atoms with Gasteiger partial charge in [-0.2, -0.15) is 30.3 Å². The fraction of sp³-hybridized carbons (Fsp3) is 0. The van der Waals surface area contributed by atoms with Crippen molar-refractivity contribution < 1.29 is 39.4 Å². The zero-order valence-electron chi connectivity index (χ0n) is 9.35. The fourth-order valence-electron chi connectivity index (χ4n) is 1.16. The van der Waals surface area contributed by atoms with E-state index >= 15 is 0 Å². The first-order valence-corrected chi connectivity index (χ1v) is 4.52. The van der Waals surface area contributed by atoms with Gasteiger partial charge in [-0.15, -0.1) is 18.2 Å². The number of benzene rings is 2. The van der Waals surface area contributed by atoms with E-state index in [1.807, 2.05) is 6.07 Å². The van der Waals surface area contributed by atoms with Crippen LogP contribution in [-0.2, 0) is 30.7 Å². The summed E-state index contributed by atoms with van der Waals surface area (Å²) >= 11 is 0. The van der Waals surface area contributed by atoms with Crippen LogP contribution in [0.1, 0.15) is 0 Å². The predicted molar refractivity (Wildman–Crippen MR) is 60.9 cm³/mol. The quantitative estimate of drug-likeness (QED) is 0.640. The van der Waals surface area contributed by atoms with Crippen LogP contribution < -0.4 is 0 Å². The van der Waals surface area contributed by atoms with Gasteiger partial charge in [-0.3, -0.25) is 4.39 Å². The Balaban J connectivity index is 0. The van der Waals surface area contributed by atoms with E-state index in [1.165, 1.54) is 0 Å². The minimum Gasteiger partial charge on any atom is -0.573 e. The molecule has 0 heterocycles. The largest absolute Gasteiger partial charge is 4.00 e. The van der Waals surface area contributed by atoms with Crippen LogP contribution in [0.4, 0.5) is 8.78 Å². The number of carbonyl (C=O) groups excluding carboxylic acids is 2. The topological polar surface area (TPSA) is 34.1 Å². The summed E-state index contributed by atoms with van der Waals surface area (Å²) in [6.07, 6.45) is 0. The minimum absolute atomic E-state index is 0. The first-order valence-electron chi connectivity index (χ1n) is 4.52. The number of hydrogen-bond acceptors (Lipinski definition) is 2. The second-order valence-corrected chi connectivity index (χ2v) is 2.82. The van der Waals surface area contributed by atoms with Gasteiger partial charge in [-0.25, -0.2) is 15.5 Å². The number of halogens is 2. The van der Waals surface area contributed by atoms with Crippen LogP contribution in [0.15, 0.2) is 36.4 Å². The maximum absolute atomic E-state index is 12.9. The third-order valence-corrected chi connectivity index (χ3v) is 1.85. The number of rotatable bonds is 1. The average Bonchev–Trinajstić information content (AvgIpc) is 2.47. The predicted octanol–water partition coefficient (Wildman–Crippen LogP) is 2.44. The molecule has 2 aromatic rings. The second-order valence-electron chi connectivity index (χ2n) is 2.82. The van der Waals surface area contributed by atoms with Crippen LogP contribution in [-0.4, -0.2) is 13.6 Å². The van der Waals surface area contributed by atoms with Crippen LogP contribution >= 0.6 is 0 Å². The summed E-state index contributed by atoms with van der Waals surface area (Å²) in [5.74, 6) is -1.75. The monoisotopic (exact) mass is 439 g/mol. The standard InChI is InChI=1S/C12H6F2.2CO.Pt/c13-11-7-6-10(8-12(11)14)9-4-2-1-3-5-9;2*1-2;/h1-4,7-8H;;;/q-2;2*-1;+4. The van der Waals surface area contributed by atoms with E-state index in [2.05, 4.69) is 25.7 Å². The van der Waals surface area contributed by atoms with Crippen LogP contribution in [0.25, 0.3) is 11.1 Å². The molecule has 0 amide bonds. The van der Waals surface area contributed by atoms with Crippen molar-refractivity contribution in [1.82, 2.24) is 0 Å². The number of hydrogen-bond donors (Lipinski definition) is 0. The molecule has 0 aliphatic rings. The molecule has 2 rings (SSSR count). The van der Waals surface area contributed by atoms with E-state index in [-0.39, 0.29) is 21.1 Å². The average molecular weight is 439 g/mol. The summed E-state index contributed by atoms with van der Waals surface area (Å²) in [5.41, 5.74) is 1.20. The van der Waals surface area contributed by atoms with Crippen LogP contribution in [0.3, 0.4) is 0 Å². The molecule has 0 saturated carbocycles. The van der Waals surface area contributed by atoms with Gasteiger partial charge in [0.25, 0.3) is 0 Å². The van der Waals surface area contributed by atoms with E-state index in [0.29, 0.717) is 11.1 Å². The third-order valence-electron chi connectivity index (χ3n) is 1.85.